The summed E-state index contributed by atoms with van der Waals surface area (Å²) in [7, 11) is 0. The Kier molecular flexibility index (Phi) is 3.82. The number of carbonyl (C=O) groups excluding carboxylic acids is 2. The second-order valence-corrected chi connectivity index (χ2v) is 2.95. The van der Waals surface area contributed by atoms with Gasteiger partial charge in [-0.15, -0.1) is 0 Å². The Morgan fingerprint density at radius 3 is 2.53 bits per heavy atom. The van der Waals surface area contributed by atoms with Crippen LogP contribution >= 0.6 is 0 Å². The molecule has 0 unspecified atom stereocenters. The van der Waals surface area contributed by atoms with Crippen molar-refractivity contribution in [3.8, 4) is 0 Å². The number of aliphatic hydroxyl groups excluding tert-OH is 1. The Morgan fingerprint density at radius 1 is 1.27 bits per heavy atom. The maximum absolute atomic E-state index is 11.5. The molecule has 0 saturated carbocycles. The minimum absolute atomic E-state index is 0.219. The molecule has 1 rings (SSSR count). The molecule has 2 amide bonds. The van der Waals surface area contributed by atoms with Crippen molar-refractivity contribution < 1.29 is 14.7 Å². The van der Waals surface area contributed by atoms with Gasteiger partial charge in [-0.25, -0.2) is 0 Å². The number of aliphatic hydroxyl groups is 1. The summed E-state index contributed by atoms with van der Waals surface area (Å²) in [5, 5.41) is 8.98. The highest BCUT2D eigenvalue weighted by Crippen LogP contribution is 2.07. The quantitative estimate of drug-likeness (QED) is 0.597. The highest BCUT2D eigenvalue weighted by molar-refractivity contribution is 5.96. The molecule has 0 aliphatic rings. The highest BCUT2D eigenvalue weighted by Gasteiger charge is 2.09. The van der Waals surface area contributed by atoms with Gasteiger partial charge in [0.1, 0.15) is 0 Å². The van der Waals surface area contributed by atoms with E-state index in [0.717, 1.165) is 0 Å². The van der Waals surface area contributed by atoms with E-state index < -0.39 is 5.91 Å². The van der Waals surface area contributed by atoms with Crippen LogP contribution in [0.4, 0.5) is 0 Å². The second-order valence-electron chi connectivity index (χ2n) is 2.95. The Hall–Kier alpha value is -1.88. The second kappa shape index (κ2) is 5.11. The van der Waals surface area contributed by atoms with Gasteiger partial charge in [0.2, 0.25) is 5.91 Å². The minimum atomic E-state index is -0.449. The molecule has 0 aromatic heterocycles. The van der Waals surface area contributed by atoms with E-state index in [1.54, 1.807) is 24.3 Å². The molecule has 1 aromatic rings. The van der Waals surface area contributed by atoms with Gasteiger partial charge in [0, 0.05) is 12.5 Å². The SMILES string of the molecule is CC(=O)NNC(=O)c1ccccc1CO. The molecule has 80 valence electrons. The number of rotatable bonds is 2. The van der Waals surface area contributed by atoms with Crippen LogP contribution in [0, 0.1) is 0 Å². The van der Waals surface area contributed by atoms with Crippen LogP contribution in [0.2, 0.25) is 0 Å². The molecule has 15 heavy (non-hydrogen) atoms. The first-order chi connectivity index (χ1) is 7.15. The number of hydrazine groups is 1. The number of hydrogen-bond donors (Lipinski definition) is 3. The molecule has 0 atom stereocenters. The van der Waals surface area contributed by atoms with Gasteiger partial charge < -0.3 is 5.11 Å². The molecule has 0 heterocycles. The van der Waals surface area contributed by atoms with Gasteiger partial charge in [-0.05, 0) is 11.6 Å². The molecular formula is C10H12N2O3. The van der Waals surface area contributed by atoms with E-state index in [4.69, 9.17) is 5.11 Å². The Labute approximate surface area is 87.1 Å². The number of amides is 2. The van der Waals surface area contributed by atoms with E-state index in [2.05, 4.69) is 10.9 Å². The lowest BCUT2D eigenvalue weighted by Gasteiger charge is -2.07. The van der Waals surface area contributed by atoms with Crippen molar-refractivity contribution in [3.05, 3.63) is 35.4 Å². The molecule has 5 nitrogen and oxygen atoms in total. The summed E-state index contributed by atoms with van der Waals surface area (Å²) in [5.41, 5.74) is 5.25. The van der Waals surface area contributed by atoms with Gasteiger partial charge in [0.25, 0.3) is 5.91 Å². The summed E-state index contributed by atoms with van der Waals surface area (Å²) >= 11 is 0. The van der Waals surface area contributed by atoms with E-state index in [9.17, 15) is 9.59 Å². The maximum Gasteiger partial charge on any atom is 0.270 e. The zero-order chi connectivity index (χ0) is 11.3. The van der Waals surface area contributed by atoms with Crippen molar-refractivity contribution in [3.63, 3.8) is 0 Å². The van der Waals surface area contributed by atoms with Crippen molar-refractivity contribution in [2.45, 2.75) is 13.5 Å². The fraction of sp³-hybridized carbons (Fsp3) is 0.200. The van der Waals surface area contributed by atoms with Crippen molar-refractivity contribution in [1.82, 2.24) is 10.9 Å². The van der Waals surface area contributed by atoms with E-state index in [1.807, 2.05) is 0 Å². The summed E-state index contributed by atoms with van der Waals surface area (Å²) in [4.78, 5) is 22.1. The van der Waals surface area contributed by atoms with Crippen LogP contribution in [0.3, 0.4) is 0 Å². The zero-order valence-electron chi connectivity index (χ0n) is 8.28. The van der Waals surface area contributed by atoms with Crippen LogP contribution in [0.1, 0.15) is 22.8 Å². The first-order valence-electron chi connectivity index (χ1n) is 4.41. The average Bonchev–Trinajstić information content (AvgIpc) is 2.25. The van der Waals surface area contributed by atoms with E-state index >= 15 is 0 Å². The summed E-state index contributed by atoms with van der Waals surface area (Å²) in [6.07, 6.45) is 0. The predicted octanol–water partition coefficient (Wildman–Crippen LogP) is -0.0402. The third-order valence-corrected chi connectivity index (χ3v) is 1.78. The van der Waals surface area contributed by atoms with Gasteiger partial charge in [0.15, 0.2) is 0 Å². The Morgan fingerprint density at radius 2 is 1.93 bits per heavy atom. The van der Waals surface area contributed by atoms with Gasteiger partial charge in [0.05, 0.1) is 6.61 Å². The summed E-state index contributed by atoms with van der Waals surface area (Å²) in [5.74, 6) is -0.806. The molecule has 3 N–H and O–H groups in total. The molecule has 0 spiro atoms. The first kappa shape index (κ1) is 11.2. The molecule has 0 bridgehead atoms. The third kappa shape index (κ3) is 3.07. The molecule has 0 fully saturated rings. The van der Waals surface area contributed by atoms with Crippen LogP contribution in [0.5, 0.6) is 0 Å². The normalized spacial score (nSPS) is 9.47. The minimum Gasteiger partial charge on any atom is -0.392 e. The van der Waals surface area contributed by atoms with Crippen molar-refractivity contribution in [2.75, 3.05) is 0 Å². The third-order valence-electron chi connectivity index (χ3n) is 1.78. The fourth-order valence-electron chi connectivity index (χ4n) is 1.09. The van der Waals surface area contributed by atoms with Crippen molar-refractivity contribution >= 4 is 11.8 Å². The average molecular weight is 208 g/mol. The van der Waals surface area contributed by atoms with Crippen LogP contribution in [0.25, 0.3) is 0 Å². The van der Waals surface area contributed by atoms with E-state index in [-0.39, 0.29) is 12.5 Å². The summed E-state index contributed by atoms with van der Waals surface area (Å²) in [6, 6.07) is 6.62. The number of nitrogens with one attached hydrogen (secondary N) is 2. The molecule has 0 saturated heterocycles. The number of carbonyl (C=O) groups is 2. The standard InChI is InChI=1S/C10H12N2O3/c1-7(14)11-12-10(15)9-5-3-2-4-8(9)6-13/h2-5,13H,6H2,1H3,(H,11,14)(H,12,15). The monoisotopic (exact) mass is 208 g/mol. The van der Waals surface area contributed by atoms with Crippen LogP contribution < -0.4 is 10.9 Å². The first-order valence-corrected chi connectivity index (χ1v) is 4.41. The Bertz CT molecular complexity index is 377. The zero-order valence-corrected chi connectivity index (χ0v) is 8.28. The topological polar surface area (TPSA) is 78.4 Å². The number of hydrogen-bond acceptors (Lipinski definition) is 3. The molecular weight excluding hydrogens is 196 g/mol. The molecule has 5 heteroatoms. The fourth-order valence-corrected chi connectivity index (χ4v) is 1.09. The van der Waals surface area contributed by atoms with Crippen molar-refractivity contribution in [2.24, 2.45) is 0 Å². The van der Waals surface area contributed by atoms with E-state index in [1.165, 1.54) is 6.92 Å². The van der Waals surface area contributed by atoms with Crippen LogP contribution in [-0.4, -0.2) is 16.9 Å². The van der Waals surface area contributed by atoms with Crippen LogP contribution in [-0.2, 0) is 11.4 Å². The van der Waals surface area contributed by atoms with Gasteiger partial charge in [-0.3, -0.25) is 20.4 Å². The van der Waals surface area contributed by atoms with Gasteiger partial charge in [-0.1, -0.05) is 18.2 Å². The van der Waals surface area contributed by atoms with Gasteiger partial charge in [-0.2, -0.15) is 0 Å². The lowest BCUT2D eigenvalue weighted by molar-refractivity contribution is -0.119. The Balaban J connectivity index is 2.77. The van der Waals surface area contributed by atoms with Gasteiger partial charge >= 0.3 is 0 Å². The highest BCUT2D eigenvalue weighted by atomic mass is 16.3. The molecule has 1 aromatic carbocycles. The smallest absolute Gasteiger partial charge is 0.270 e. The molecule has 0 aliphatic carbocycles. The van der Waals surface area contributed by atoms with Crippen LogP contribution in [0.15, 0.2) is 24.3 Å². The van der Waals surface area contributed by atoms with Crippen molar-refractivity contribution in [1.29, 1.82) is 0 Å². The number of benzene rings is 1. The lowest BCUT2D eigenvalue weighted by Crippen LogP contribution is -2.40. The maximum atomic E-state index is 11.5. The molecule has 0 radical (unpaired) electrons. The molecule has 0 aliphatic heterocycles. The predicted molar refractivity (Wildman–Crippen MR) is 53.6 cm³/mol. The largest absolute Gasteiger partial charge is 0.392 e. The summed E-state index contributed by atoms with van der Waals surface area (Å²) < 4.78 is 0. The lowest BCUT2D eigenvalue weighted by atomic mass is 10.1. The summed E-state index contributed by atoms with van der Waals surface area (Å²) in [6.45, 7) is 1.07. The van der Waals surface area contributed by atoms with E-state index in [0.29, 0.717) is 11.1 Å².